The van der Waals surface area contributed by atoms with Gasteiger partial charge in [-0.05, 0) is 19.8 Å². The summed E-state index contributed by atoms with van der Waals surface area (Å²) in [7, 11) is 0. The second-order valence-electron chi connectivity index (χ2n) is 3.47. The van der Waals surface area contributed by atoms with Gasteiger partial charge < -0.3 is 5.11 Å². The van der Waals surface area contributed by atoms with Crippen LogP contribution in [0.3, 0.4) is 0 Å². The molecule has 1 aromatic rings. The Balaban J connectivity index is 2.21. The third-order valence-corrected chi connectivity index (χ3v) is 2.34. The van der Waals surface area contributed by atoms with Gasteiger partial charge in [-0.25, -0.2) is 4.79 Å². The van der Waals surface area contributed by atoms with Gasteiger partial charge >= 0.3 is 6.09 Å². The van der Waals surface area contributed by atoms with Crippen molar-refractivity contribution in [3.8, 4) is 0 Å². The molecular weight excluding hydrogens is 182 g/mol. The number of hydrogen-bond acceptors (Lipinski definition) is 2. The second kappa shape index (κ2) is 3.32. The van der Waals surface area contributed by atoms with E-state index in [-0.39, 0.29) is 0 Å². The molecule has 0 atom stereocenters. The van der Waals surface area contributed by atoms with Crippen molar-refractivity contribution in [3.05, 3.63) is 11.8 Å². The molecule has 1 aliphatic carbocycles. The molecule has 2 rings (SSSR count). The van der Waals surface area contributed by atoms with Crippen molar-refractivity contribution < 1.29 is 9.90 Å². The average Bonchev–Trinajstić information content (AvgIpc) is 2.88. The van der Waals surface area contributed by atoms with E-state index < -0.39 is 6.09 Å². The molecule has 1 amide bonds. The van der Waals surface area contributed by atoms with E-state index in [1.807, 2.05) is 17.7 Å². The lowest BCUT2D eigenvalue weighted by Crippen LogP contribution is -2.08. The zero-order valence-corrected chi connectivity index (χ0v) is 8.03. The Morgan fingerprint density at radius 1 is 1.79 bits per heavy atom. The molecule has 0 saturated heterocycles. The molecule has 0 spiro atoms. The Morgan fingerprint density at radius 3 is 3.00 bits per heavy atom. The molecule has 1 fully saturated rings. The first-order chi connectivity index (χ1) is 6.70. The fraction of sp³-hybridized carbons (Fsp3) is 0.556. The Hall–Kier alpha value is -1.52. The first-order valence-corrected chi connectivity index (χ1v) is 4.78. The Kier molecular flexibility index (Phi) is 2.15. The van der Waals surface area contributed by atoms with Gasteiger partial charge in [-0.15, -0.1) is 0 Å². The van der Waals surface area contributed by atoms with Gasteiger partial charge in [-0.3, -0.25) is 10.00 Å². The summed E-state index contributed by atoms with van der Waals surface area (Å²) in [5.74, 6) is 1.02. The molecule has 1 aliphatic rings. The topological polar surface area (TPSA) is 67.2 Å². The lowest BCUT2D eigenvalue weighted by atomic mass is 10.3. The van der Waals surface area contributed by atoms with Crippen LogP contribution < -0.4 is 5.32 Å². The van der Waals surface area contributed by atoms with Crippen LogP contribution in [0.25, 0.3) is 0 Å². The van der Waals surface area contributed by atoms with Crippen LogP contribution in [0.1, 0.15) is 31.4 Å². The van der Waals surface area contributed by atoms with E-state index in [4.69, 9.17) is 5.11 Å². The second-order valence-corrected chi connectivity index (χ2v) is 3.47. The molecule has 14 heavy (non-hydrogen) atoms. The van der Waals surface area contributed by atoms with Gasteiger partial charge in [0, 0.05) is 24.2 Å². The number of aromatic nitrogens is 2. The fourth-order valence-electron chi connectivity index (χ4n) is 1.56. The highest BCUT2D eigenvalue weighted by Crippen LogP contribution is 2.40. The minimum Gasteiger partial charge on any atom is -0.465 e. The van der Waals surface area contributed by atoms with Gasteiger partial charge in [0.15, 0.2) is 5.82 Å². The first kappa shape index (κ1) is 9.05. The van der Waals surface area contributed by atoms with E-state index in [0.717, 1.165) is 12.2 Å². The zero-order valence-electron chi connectivity index (χ0n) is 8.03. The van der Waals surface area contributed by atoms with Gasteiger partial charge in [-0.1, -0.05) is 0 Å². The van der Waals surface area contributed by atoms with E-state index in [0.29, 0.717) is 11.7 Å². The van der Waals surface area contributed by atoms with Crippen LogP contribution >= 0.6 is 0 Å². The zero-order chi connectivity index (χ0) is 10.1. The minimum absolute atomic E-state index is 0.432. The van der Waals surface area contributed by atoms with E-state index in [1.54, 1.807) is 0 Å². The van der Waals surface area contributed by atoms with Gasteiger partial charge in [0.05, 0.1) is 0 Å². The van der Waals surface area contributed by atoms with Crippen molar-refractivity contribution >= 4 is 11.9 Å². The van der Waals surface area contributed by atoms with E-state index in [2.05, 4.69) is 10.4 Å². The SMILES string of the molecule is CCn1nc(NC(=O)O)cc1C1CC1. The summed E-state index contributed by atoms with van der Waals surface area (Å²) in [4.78, 5) is 10.4. The third kappa shape index (κ3) is 1.71. The van der Waals surface area contributed by atoms with Gasteiger partial charge in [0.1, 0.15) is 0 Å². The number of carboxylic acid groups (broad SMARTS) is 1. The highest BCUT2D eigenvalue weighted by atomic mass is 16.4. The molecule has 0 aliphatic heterocycles. The molecule has 0 aromatic carbocycles. The summed E-state index contributed by atoms with van der Waals surface area (Å²) in [6, 6.07) is 1.83. The number of amides is 1. The number of hydrogen-bond donors (Lipinski definition) is 2. The fourth-order valence-corrected chi connectivity index (χ4v) is 1.56. The largest absolute Gasteiger partial charge is 0.465 e. The van der Waals surface area contributed by atoms with Gasteiger partial charge in [0.25, 0.3) is 0 Å². The van der Waals surface area contributed by atoms with E-state index >= 15 is 0 Å². The molecule has 5 heteroatoms. The monoisotopic (exact) mass is 195 g/mol. The van der Waals surface area contributed by atoms with Crippen LogP contribution in [0, 0.1) is 0 Å². The predicted octanol–water partition coefficient (Wildman–Crippen LogP) is 1.87. The Bertz CT molecular complexity index is 355. The number of carbonyl (C=O) groups is 1. The van der Waals surface area contributed by atoms with Crippen LogP contribution in [0.15, 0.2) is 6.07 Å². The van der Waals surface area contributed by atoms with Crippen LogP contribution in [-0.2, 0) is 6.54 Å². The molecular formula is C9H13N3O2. The number of nitrogens with zero attached hydrogens (tertiary/aromatic N) is 2. The normalized spacial score (nSPS) is 15.5. The molecule has 0 bridgehead atoms. The molecule has 76 valence electrons. The predicted molar refractivity (Wildman–Crippen MR) is 51.5 cm³/mol. The van der Waals surface area contributed by atoms with Crippen molar-refractivity contribution in [3.63, 3.8) is 0 Å². The number of rotatable bonds is 3. The Morgan fingerprint density at radius 2 is 2.50 bits per heavy atom. The standard InChI is InChI=1S/C9H13N3O2/c1-2-12-7(6-3-4-6)5-8(11-12)10-9(13)14/h5-6H,2-4H2,1H3,(H,10,11)(H,13,14). The molecule has 2 N–H and O–H groups in total. The van der Waals surface area contributed by atoms with Crippen molar-refractivity contribution in [1.82, 2.24) is 9.78 Å². The van der Waals surface area contributed by atoms with Gasteiger partial charge in [-0.2, -0.15) is 5.10 Å². The van der Waals surface area contributed by atoms with Crippen molar-refractivity contribution in [2.24, 2.45) is 0 Å². The van der Waals surface area contributed by atoms with Gasteiger partial charge in [0.2, 0.25) is 0 Å². The molecule has 1 saturated carbocycles. The molecule has 1 aromatic heterocycles. The lowest BCUT2D eigenvalue weighted by Gasteiger charge is -2.00. The third-order valence-electron chi connectivity index (χ3n) is 2.34. The highest BCUT2D eigenvalue weighted by Gasteiger charge is 2.27. The van der Waals surface area contributed by atoms with Crippen LogP contribution in [0.2, 0.25) is 0 Å². The maximum Gasteiger partial charge on any atom is 0.410 e. The molecule has 1 heterocycles. The summed E-state index contributed by atoms with van der Waals surface area (Å²) < 4.78 is 1.86. The lowest BCUT2D eigenvalue weighted by molar-refractivity contribution is 0.209. The highest BCUT2D eigenvalue weighted by molar-refractivity contribution is 5.81. The summed E-state index contributed by atoms with van der Waals surface area (Å²) in [6.45, 7) is 2.79. The Labute approximate surface area is 81.7 Å². The van der Waals surface area contributed by atoms with E-state index in [1.165, 1.54) is 12.8 Å². The summed E-state index contributed by atoms with van der Waals surface area (Å²) >= 11 is 0. The van der Waals surface area contributed by atoms with E-state index in [9.17, 15) is 4.79 Å². The minimum atomic E-state index is -1.06. The quantitative estimate of drug-likeness (QED) is 0.773. The molecule has 0 unspecified atom stereocenters. The number of nitrogens with one attached hydrogen (secondary N) is 1. The van der Waals surface area contributed by atoms with Crippen LogP contribution in [0.5, 0.6) is 0 Å². The van der Waals surface area contributed by atoms with Crippen molar-refractivity contribution in [1.29, 1.82) is 0 Å². The van der Waals surface area contributed by atoms with Crippen LogP contribution in [-0.4, -0.2) is 21.0 Å². The summed E-state index contributed by atoms with van der Waals surface area (Å²) in [5, 5.41) is 15.0. The van der Waals surface area contributed by atoms with Crippen LogP contribution in [0.4, 0.5) is 10.6 Å². The number of aryl methyl sites for hydroxylation is 1. The maximum absolute atomic E-state index is 10.4. The molecule has 5 nitrogen and oxygen atoms in total. The average molecular weight is 195 g/mol. The van der Waals surface area contributed by atoms with Crippen molar-refractivity contribution in [2.75, 3.05) is 5.32 Å². The number of anilines is 1. The molecule has 0 radical (unpaired) electrons. The smallest absolute Gasteiger partial charge is 0.410 e. The summed E-state index contributed by atoms with van der Waals surface area (Å²) in [5.41, 5.74) is 1.15. The first-order valence-electron chi connectivity index (χ1n) is 4.78. The summed E-state index contributed by atoms with van der Waals surface area (Å²) in [6.07, 6.45) is 1.32. The maximum atomic E-state index is 10.4. The van der Waals surface area contributed by atoms with Crippen molar-refractivity contribution in [2.45, 2.75) is 32.2 Å².